The highest BCUT2D eigenvalue weighted by atomic mass is 35.5. The number of anilines is 1. The van der Waals surface area contributed by atoms with E-state index in [0.29, 0.717) is 11.9 Å². The van der Waals surface area contributed by atoms with Gasteiger partial charge in [0, 0.05) is 24.7 Å². The summed E-state index contributed by atoms with van der Waals surface area (Å²) in [4.78, 5) is 9.33. The Morgan fingerprint density at radius 3 is 2.67 bits per heavy atom. The van der Waals surface area contributed by atoms with Crippen molar-refractivity contribution in [1.82, 2.24) is 9.88 Å². The van der Waals surface area contributed by atoms with Crippen molar-refractivity contribution >= 4 is 17.4 Å². The van der Waals surface area contributed by atoms with Gasteiger partial charge in [-0.05, 0) is 57.6 Å². The van der Waals surface area contributed by atoms with Crippen LogP contribution in [0.4, 0.5) is 5.82 Å². The Morgan fingerprint density at radius 1 is 1.39 bits per heavy atom. The lowest BCUT2D eigenvalue weighted by molar-refractivity contribution is 0.252. The highest BCUT2D eigenvalue weighted by molar-refractivity contribution is 6.17. The van der Waals surface area contributed by atoms with Gasteiger partial charge < -0.3 is 9.80 Å². The van der Waals surface area contributed by atoms with E-state index in [4.69, 9.17) is 11.6 Å². The van der Waals surface area contributed by atoms with Crippen LogP contribution in [0.3, 0.4) is 0 Å². The number of aromatic nitrogens is 1. The third-order valence-corrected chi connectivity index (χ3v) is 4.06. The van der Waals surface area contributed by atoms with Gasteiger partial charge in [-0.25, -0.2) is 4.98 Å². The summed E-state index contributed by atoms with van der Waals surface area (Å²) in [6.07, 6.45) is 2.41. The number of hydrogen-bond acceptors (Lipinski definition) is 3. The molecule has 2 rings (SSSR count). The van der Waals surface area contributed by atoms with Crippen LogP contribution in [0.1, 0.15) is 24.1 Å². The first-order valence-electron chi connectivity index (χ1n) is 6.55. The fraction of sp³-hybridized carbons (Fsp3) is 0.643. The van der Waals surface area contributed by atoms with Crippen molar-refractivity contribution in [3.63, 3.8) is 0 Å². The molecule has 18 heavy (non-hydrogen) atoms. The van der Waals surface area contributed by atoms with Gasteiger partial charge in [-0.15, -0.1) is 11.6 Å². The van der Waals surface area contributed by atoms with Crippen LogP contribution in [0.15, 0.2) is 12.1 Å². The summed E-state index contributed by atoms with van der Waals surface area (Å²) in [5.41, 5.74) is 2.20. The fourth-order valence-electron chi connectivity index (χ4n) is 2.55. The molecule has 1 saturated heterocycles. The maximum Gasteiger partial charge on any atom is 0.129 e. The van der Waals surface area contributed by atoms with Gasteiger partial charge in [-0.1, -0.05) is 0 Å². The highest BCUT2D eigenvalue weighted by Gasteiger charge is 2.21. The Kier molecular flexibility index (Phi) is 4.46. The number of alkyl halides is 1. The minimum Gasteiger partial charge on any atom is -0.357 e. The van der Waals surface area contributed by atoms with E-state index in [-0.39, 0.29) is 0 Å². The fourth-order valence-corrected chi connectivity index (χ4v) is 2.70. The largest absolute Gasteiger partial charge is 0.357 e. The number of likely N-dealkylation sites (tertiary alicyclic amines) is 1. The summed E-state index contributed by atoms with van der Waals surface area (Å²) in [6, 6.07) is 4.76. The molecule has 0 aliphatic carbocycles. The zero-order chi connectivity index (χ0) is 13.1. The zero-order valence-electron chi connectivity index (χ0n) is 11.5. The first-order valence-corrected chi connectivity index (χ1v) is 7.08. The van der Waals surface area contributed by atoms with Crippen LogP contribution in [0.2, 0.25) is 0 Å². The smallest absolute Gasteiger partial charge is 0.129 e. The topological polar surface area (TPSA) is 19.4 Å². The third-order valence-electron chi connectivity index (χ3n) is 3.75. The van der Waals surface area contributed by atoms with E-state index in [1.54, 1.807) is 0 Å². The van der Waals surface area contributed by atoms with E-state index >= 15 is 0 Å². The zero-order valence-corrected chi connectivity index (χ0v) is 12.2. The molecule has 0 radical (unpaired) electrons. The summed E-state index contributed by atoms with van der Waals surface area (Å²) in [7, 11) is 4.34. The Labute approximate surface area is 115 Å². The molecule has 0 amide bonds. The van der Waals surface area contributed by atoms with Crippen LogP contribution in [0.5, 0.6) is 0 Å². The minimum absolute atomic E-state index is 0.553. The lowest BCUT2D eigenvalue weighted by Gasteiger charge is -2.36. The van der Waals surface area contributed by atoms with Crippen molar-refractivity contribution in [2.24, 2.45) is 0 Å². The van der Waals surface area contributed by atoms with E-state index in [1.807, 2.05) is 6.92 Å². The second-order valence-electron chi connectivity index (χ2n) is 5.25. The standard InChI is InChI=1S/C14H22ClN3/c1-11-8-12(10-15)9-14(16-11)18(3)13-4-6-17(2)7-5-13/h8-9,13H,4-7,10H2,1-3H3. The van der Waals surface area contributed by atoms with E-state index in [1.165, 1.54) is 25.9 Å². The van der Waals surface area contributed by atoms with Crippen molar-refractivity contribution in [2.45, 2.75) is 31.7 Å². The van der Waals surface area contributed by atoms with Gasteiger partial charge in [-0.3, -0.25) is 0 Å². The van der Waals surface area contributed by atoms with Crippen LogP contribution in [-0.4, -0.2) is 43.1 Å². The van der Waals surface area contributed by atoms with Gasteiger partial charge in [0.25, 0.3) is 0 Å². The van der Waals surface area contributed by atoms with Crippen molar-refractivity contribution in [3.8, 4) is 0 Å². The van der Waals surface area contributed by atoms with Crippen molar-refractivity contribution in [1.29, 1.82) is 0 Å². The molecule has 0 unspecified atom stereocenters. The Hall–Kier alpha value is -0.800. The normalized spacial score (nSPS) is 18.0. The van der Waals surface area contributed by atoms with Crippen LogP contribution < -0.4 is 4.90 Å². The molecule has 1 aromatic rings. The first kappa shape index (κ1) is 13.6. The number of nitrogens with zero attached hydrogens (tertiary/aromatic N) is 3. The lowest BCUT2D eigenvalue weighted by Crippen LogP contribution is -2.42. The summed E-state index contributed by atoms with van der Waals surface area (Å²) < 4.78 is 0. The molecule has 0 spiro atoms. The molecule has 0 saturated carbocycles. The molecule has 0 bridgehead atoms. The van der Waals surface area contributed by atoms with E-state index in [9.17, 15) is 0 Å². The van der Waals surface area contributed by atoms with Gasteiger partial charge in [0.1, 0.15) is 5.82 Å². The molecule has 1 fully saturated rings. The quantitative estimate of drug-likeness (QED) is 0.785. The predicted molar refractivity (Wildman–Crippen MR) is 77.5 cm³/mol. The maximum atomic E-state index is 5.93. The molecule has 1 aromatic heterocycles. The average molecular weight is 268 g/mol. The Balaban J connectivity index is 2.12. The summed E-state index contributed by atoms with van der Waals surface area (Å²) in [5, 5.41) is 0. The molecule has 1 aliphatic heterocycles. The van der Waals surface area contributed by atoms with Gasteiger partial charge in [0.15, 0.2) is 0 Å². The minimum atomic E-state index is 0.553. The summed E-state index contributed by atoms with van der Waals surface area (Å²) in [5.74, 6) is 1.61. The summed E-state index contributed by atoms with van der Waals surface area (Å²) in [6.45, 7) is 4.37. The van der Waals surface area contributed by atoms with Crippen LogP contribution >= 0.6 is 11.6 Å². The number of pyridine rings is 1. The third kappa shape index (κ3) is 3.15. The molecule has 0 atom stereocenters. The second kappa shape index (κ2) is 5.89. The Morgan fingerprint density at radius 2 is 2.06 bits per heavy atom. The molecule has 4 heteroatoms. The average Bonchev–Trinajstić information content (AvgIpc) is 2.38. The number of rotatable bonds is 3. The first-order chi connectivity index (χ1) is 8.60. The van der Waals surface area contributed by atoms with Gasteiger partial charge in [0.2, 0.25) is 0 Å². The number of hydrogen-bond donors (Lipinski definition) is 0. The molecular weight excluding hydrogens is 246 g/mol. The number of aryl methyl sites for hydroxylation is 1. The van der Waals surface area contributed by atoms with Crippen LogP contribution in [0, 0.1) is 6.92 Å². The van der Waals surface area contributed by atoms with Crippen molar-refractivity contribution < 1.29 is 0 Å². The molecule has 100 valence electrons. The Bertz CT molecular complexity index is 400. The molecule has 3 nitrogen and oxygen atoms in total. The molecule has 2 heterocycles. The number of halogens is 1. The summed E-state index contributed by atoms with van der Waals surface area (Å²) >= 11 is 5.93. The molecular formula is C14H22ClN3. The predicted octanol–water partition coefficient (Wildman–Crippen LogP) is 2.66. The lowest BCUT2D eigenvalue weighted by atomic mass is 10.0. The monoisotopic (exact) mass is 267 g/mol. The van der Waals surface area contributed by atoms with Gasteiger partial charge in [0.05, 0.1) is 0 Å². The van der Waals surface area contributed by atoms with E-state index in [0.717, 1.165) is 17.1 Å². The van der Waals surface area contributed by atoms with E-state index < -0.39 is 0 Å². The molecule has 0 N–H and O–H groups in total. The SMILES string of the molecule is Cc1cc(CCl)cc(N(C)C2CCN(C)CC2)n1. The molecule has 1 aliphatic rings. The second-order valence-corrected chi connectivity index (χ2v) is 5.52. The molecule has 0 aromatic carbocycles. The van der Waals surface area contributed by atoms with Crippen molar-refractivity contribution in [2.75, 3.05) is 32.1 Å². The maximum absolute atomic E-state index is 5.93. The van der Waals surface area contributed by atoms with E-state index in [2.05, 4.69) is 41.0 Å². The van der Waals surface area contributed by atoms with Crippen LogP contribution in [-0.2, 0) is 5.88 Å². The van der Waals surface area contributed by atoms with Crippen LogP contribution in [0.25, 0.3) is 0 Å². The highest BCUT2D eigenvalue weighted by Crippen LogP contribution is 2.22. The van der Waals surface area contributed by atoms with Crippen molar-refractivity contribution in [3.05, 3.63) is 23.4 Å². The van der Waals surface area contributed by atoms with Gasteiger partial charge in [-0.2, -0.15) is 0 Å². The van der Waals surface area contributed by atoms with Gasteiger partial charge >= 0.3 is 0 Å². The number of piperidine rings is 1.